The molecule has 116 valence electrons. The molecular formula is C13H12N2O6S. The summed E-state index contributed by atoms with van der Waals surface area (Å²) in [7, 11) is -3.98. The van der Waals surface area contributed by atoms with Crippen molar-refractivity contribution in [1.82, 2.24) is 0 Å². The van der Waals surface area contributed by atoms with Crippen molar-refractivity contribution >= 4 is 27.6 Å². The van der Waals surface area contributed by atoms with Gasteiger partial charge in [-0.2, -0.15) is 8.42 Å². The van der Waals surface area contributed by atoms with Gasteiger partial charge in [0, 0.05) is 0 Å². The zero-order valence-corrected chi connectivity index (χ0v) is 12.1. The minimum absolute atomic E-state index is 0.0722. The van der Waals surface area contributed by atoms with Crippen LogP contribution in [0.15, 0.2) is 40.2 Å². The molecule has 2 N–H and O–H groups in total. The molecule has 0 unspecified atom stereocenters. The average molecular weight is 324 g/mol. The molecule has 1 aromatic rings. The molecule has 0 saturated heterocycles. The number of hydrogen-bond donors (Lipinski definition) is 2. The van der Waals surface area contributed by atoms with E-state index in [2.05, 4.69) is 10.2 Å². The first-order valence-electron chi connectivity index (χ1n) is 6.26. The Morgan fingerprint density at radius 3 is 2.32 bits per heavy atom. The van der Waals surface area contributed by atoms with Gasteiger partial charge in [0.2, 0.25) is 0 Å². The fraction of sp³-hybridized carbons (Fsp3) is 0.231. The van der Waals surface area contributed by atoms with E-state index in [1.807, 2.05) is 0 Å². The highest BCUT2D eigenvalue weighted by atomic mass is 32.2. The SMILES string of the molecule is O=C(O)C1=C(c2ccc(CCCS(=O)(=O)O)cc2)C(=O)N=N1. The second kappa shape index (κ2) is 6.16. The number of azo groups is 1. The van der Waals surface area contributed by atoms with Crippen molar-refractivity contribution in [1.29, 1.82) is 0 Å². The fourth-order valence-electron chi connectivity index (χ4n) is 2.00. The first-order chi connectivity index (χ1) is 10.3. The molecule has 2 rings (SSSR count). The summed E-state index contributed by atoms with van der Waals surface area (Å²) < 4.78 is 29.9. The number of nitrogens with zero attached hydrogens (tertiary/aromatic N) is 2. The van der Waals surface area contributed by atoms with E-state index < -0.39 is 27.7 Å². The second-order valence-electron chi connectivity index (χ2n) is 4.62. The molecule has 1 aliphatic heterocycles. The monoisotopic (exact) mass is 324 g/mol. The van der Waals surface area contributed by atoms with E-state index in [1.54, 1.807) is 24.3 Å². The number of carboxylic acids is 1. The summed E-state index contributed by atoms with van der Waals surface area (Å²) in [5.41, 5.74) is 0.705. The predicted molar refractivity (Wildman–Crippen MR) is 75.6 cm³/mol. The molecule has 8 nitrogen and oxygen atoms in total. The quantitative estimate of drug-likeness (QED) is 0.757. The topological polar surface area (TPSA) is 133 Å². The molecular weight excluding hydrogens is 312 g/mol. The van der Waals surface area contributed by atoms with Crippen LogP contribution < -0.4 is 0 Å². The minimum atomic E-state index is -3.98. The van der Waals surface area contributed by atoms with Crippen LogP contribution in [0.4, 0.5) is 0 Å². The van der Waals surface area contributed by atoms with Gasteiger partial charge in [0.1, 0.15) is 0 Å². The van der Waals surface area contributed by atoms with Crippen LogP contribution >= 0.6 is 0 Å². The van der Waals surface area contributed by atoms with Crippen molar-refractivity contribution in [3.63, 3.8) is 0 Å². The maximum absolute atomic E-state index is 11.6. The van der Waals surface area contributed by atoms with E-state index in [9.17, 15) is 18.0 Å². The number of aryl methyl sites for hydroxylation is 1. The molecule has 9 heteroatoms. The van der Waals surface area contributed by atoms with E-state index in [0.717, 1.165) is 5.56 Å². The molecule has 0 aliphatic carbocycles. The number of aliphatic carboxylic acids is 1. The molecule has 1 heterocycles. The summed E-state index contributed by atoms with van der Waals surface area (Å²) >= 11 is 0. The van der Waals surface area contributed by atoms with E-state index in [1.165, 1.54) is 0 Å². The molecule has 0 spiro atoms. The fourth-order valence-corrected chi connectivity index (χ4v) is 2.51. The third-order valence-corrected chi connectivity index (χ3v) is 3.81. The van der Waals surface area contributed by atoms with Crippen molar-refractivity contribution in [3.8, 4) is 0 Å². The molecule has 0 saturated carbocycles. The van der Waals surface area contributed by atoms with E-state index in [-0.39, 0.29) is 17.7 Å². The zero-order valence-electron chi connectivity index (χ0n) is 11.3. The summed E-state index contributed by atoms with van der Waals surface area (Å²) in [6, 6.07) is 6.40. The van der Waals surface area contributed by atoms with Crippen molar-refractivity contribution in [2.24, 2.45) is 10.2 Å². The Labute approximate surface area is 125 Å². The van der Waals surface area contributed by atoms with E-state index in [4.69, 9.17) is 9.66 Å². The number of carbonyl (C=O) groups is 2. The molecule has 22 heavy (non-hydrogen) atoms. The van der Waals surface area contributed by atoms with Crippen molar-refractivity contribution in [2.45, 2.75) is 12.8 Å². The molecule has 0 atom stereocenters. The lowest BCUT2D eigenvalue weighted by Crippen LogP contribution is -2.05. The van der Waals surface area contributed by atoms with Crippen LogP contribution in [-0.4, -0.2) is 35.7 Å². The number of amides is 1. The van der Waals surface area contributed by atoms with Crippen molar-refractivity contribution in [2.75, 3.05) is 5.75 Å². The van der Waals surface area contributed by atoms with Gasteiger partial charge in [0.25, 0.3) is 16.0 Å². The Morgan fingerprint density at radius 1 is 1.14 bits per heavy atom. The average Bonchev–Trinajstić information content (AvgIpc) is 2.80. The van der Waals surface area contributed by atoms with Gasteiger partial charge in [-0.15, -0.1) is 10.2 Å². The Hall–Kier alpha value is -2.39. The van der Waals surface area contributed by atoms with Crippen LogP contribution in [0.1, 0.15) is 17.5 Å². The van der Waals surface area contributed by atoms with E-state index in [0.29, 0.717) is 12.0 Å². The summed E-state index contributed by atoms with van der Waals surface area (Å²) in [4.78, 5) is 22.6. The van der Waals surface area contributed by atoms with Gasteiger partial charge in [-0.25, -0.2) is 4.79 Å². The maximum Gasteiger partial charge on any atom is 0.357 e. The highest BCUT2D eigenvalue weighted by molar-refractivity contribution is 7.85. The van der Waals surface area contributed by atoms with E-state index >= 15 is 0 Å². The summed E-state index contributed by atoms with van der Waals surface area (Å²) in [6.07, 6.45) is 0.679. The zero-order chi connectivity index (χ0) is 16.3. The highest BCUT2D eigenvalue weighted by Crippen LogP contribution is 2.27. The van der Waals surface area contributed by atoms with Gasteiger partial charge >= 0.3 is 5.97 Å². The first kappa shape index (κ1) is 16.0. The van der Waals surface area contributed by atoms with Gasteiger partial charge < -0.3 is 5.11 Å². The van der Waals surface area contributed by atoms with Crippen LogP contribution in [0.5, 0.6) is 0 Å². The number of hydrogen-bond acceptors (Lipinski definition) is 5. The summed E-state index contributed by atoms with van der Waals surface area (Å²) in [6.45, 7) is 0. The highest BCUT2D eigenvalue weighted by Gasteiger charge is 2.27. The van der Waals surface area contributed by atoms with Gasteiger partial charge in [-0.3, -0.25) is 9.35 Å². The van der Waals surface area contributed by atoms with Gasteiger partial charge in [0.05, 0.1) is 11.3 Å². The molecule has 0 aromatic heterocycles. The molecule has 0 radical (unpaired) electrons. The number of benzene rings is 1. The summed E-state index contributed by atoms with van der Waals surface area (Å²) in [5, 5.41) is 15.5. The lowest BCUT2D eigenvalue weighted by Gasteiger charge is -2.04. The second-order valence-corrected chi connectivity index (χ2v) is 6.19. The van der Waals surface area contributed by atoms with Gasteiger partial charge in [-0.05, 0) is 24.0 Å². The van der Waals surface area contributed by atoms with Crippen molar-refractivity contribution in [3.05, 3.63) is 41.1 Å². The Balaban J connectivity index is 2.14. The van der Waals surface area contributed by atoms with Crippen LogP contribution in [0.25, 0.3) is 5.57 Å². The lowest BCUT2D eigenvalue weighted by molar-refractivity contribution is -0.132. The first-order valence-corrected chi connectivity index (χ1v) is 7.87. The Bertz CT molecular complexity index is 777. The van der Waals surface area contributed by atoms with Crippen LogP contribution in [0.2, 0.25) is 0 Å². The smallest absolute Gasteiger partial charge is 0.357 e. The number of carbonyl (C=O) groups excluding carboxylic acids is 1. The molecule has 1 aliphatic rings. The number of carboxylic acid groups (broad SMARTS) is 1. The largest absolute Gasteiger partial charge is 0.476 e. The standard InChI is InChI=1S/C13H12N2O6S/c16-12-10(11(13(17)18)14-15-12)9-5-3-8(4-6-9)2-1-7-22(19,20)21/h3-6H,1-2,7H2,(H,17,18)(H,19,20,21). The summed E-state index contributed by atoms with van der Waals surface area (Å²) in [5.74, 6) is -2.38. The van der Waals surface area contributed by atoms with Crippen LogP contribution in [0.3, 0.4) is 0 Å². The molecule has 1 amide bonds. The predicted octanol–water partition coefficient (Wildman–Crippen LogP) is 1.30. The molecule has 1 aromatic carbocycles. The van der Waals surface area contributed by atoms with Crippen molar-refractivity contribution < 1.29 is 27.7 Å². The normalized spacial score (nSPS) is 14.7. The molecule has 0 fully saturated rings. The Kier molecular flexibility index (Phi) is 4.48. The van der Waals surface area contributed by atoms with Gasteiger partial charge in [0.15, 0.2) is 5.70 Å². The Morgan fingerprint density at radius 2 is 1.77 bits per heavy atom. The number of rotatable bonds is 6. The van der Waals surface area contributed by atoms with Gasteiger partial charge in [-0.1, -0.05) is 24.3 Å². The third-order valence-electron chi connectivity index (χ3n) is 3.00. The van der Waals surface area contributed by atoms with Crippen LogP contribution in [-0.2, 0) is 26.1 Å². The molecule has 0 bridgehead atoms. The minimum Gasteiger partial charge on any atom is -0.476 e. The maximum atomic E-state index is 11.6. The third kappa shape index (κ3) is 3.83. The lowest BCUT2D eigenvalue weighted by atomic mass is 10.0. The van der Waals surface area contributed by atoms with Crippen LogP contribution in [0, 0.1) is 0 Å².